The van der Waals surface area contributed by atoms with Gasteiger partial charge in [0, 0.05) is 40.7 Å². The minimum atomic E-state index is -1.60. The number of halogens is 1. The summed E-state index contributed by atoms with van der Waals surface area (Å²) in [7, 11) is 0. The van der Waals surface area contributed by atoms with E-state index in [4.69, 9.17) is 0 Å². The Bertz CT molecular complexity index is 648. The number of carbonyl (C=O) groups is 1. The van der Waals surface area contributed by atoms with Gasteiger partial charge in [-0.1, -0.05) is 15.9 Å². The molecular formula is C13H10BrN3O2. The van der Waals surface area contributed by atoms with Crippen molar-refractivity contribution in [2.75, 3.05) is 5.32 Å². The molecule has 0 radical (unpaired) electrons. The van der Waals surface area contributed by atoms with E-state index in [2.05, 4.69) is 31.2 Å². The number of rotatable bonds is 2. The number of carbonyl (C=O) groups excluding carboxylic acids is 1. The van der Waals surface area contributed by atoms with Crippen LogP contribution >= 0.6 is 15.9 Å². The molecule has 0 fully saturated rings. The molecule has 2 aromatic rings. The van der Waals surface area contributed by atoms with Gasteiger partial charge in [0.25, 0.3) is 5.91 Å². The van der Waals surface area contributed by atoms with Crippen LogP contribution in [-0.2, 0) is 16.8 Å². The SMILES string of the molecule is O=C1Nc2ccc(Br)cc2[C@]1(O)Cc1cnccn1. The lowest BCUT2D eigenvalue weighted by Gasteiger charge is -2.20. The summed E-state index contributed by atoms with van der Waals surface area (Å²) in [6.07, 6.45) is 4.72. The molecule has 1 aromatic heterocycles. The van der Waals surface area contributed by atoms with Gasteiger partial charge >= 0.3 is 0 Å². The van der Waals surface area contributed by atoms with Gasteiger partial charge in [-0.15, -0.1) is 0 Å². The first-order chi connectivity index (χ1) is 9.09. The quantitative estimate of drug-likeness (QED) is 0.882. The number of fused-ring (bicyclic) bond motifs is 1. The summed E-state index contributed by atoms with van der Waals surface area (Å²) in [6, 6.07) is 5.31. The minimum absolute atomic E-state index is 0.0934. The second-order valence-electron chi connectivity index (χ2n) is 4.38. The van der Waals surface area contributed by atoms with Crippen LogP contribution in [0.1, 0.15) is 11.3 Å². The zero-order valence-corrected chi connectivity index (χ0v) is 11.4. The van der Waals surface area contributed by atoms with Crippen molar-refractivity contribution >= 4 is 27.5 Å². The maximum Gasteiger partial charge on any atom is 0.261 e. The van der Waals surface area contributed by atoms with Gasteiger partial charge in [0.05, 0.1) is 5.69 Å². The maximum absolute atomic E-state index is 12.0. The van der Waals surface area contributed by atoms with Crippen molar-refractivity contribution in [2.24, 2.45) is 0 Å². The number of nitrogens with zero attached hydrogens (tertiary/aromatic N) is 2. The molecule has 1 atom stereocenters. The van der Waals surface area contributed by atoms with E-state index in [1.54, 1.807) is 24.5 Å². The Morgan fingerprint density at radius 2 is 2.21 bits per heavy atom. The van der Waals surface area contributed by atoms with Gasteiger partial charge in [-0.2, -0.15) is 0 Å². The monoisotopic (exact) mass is 319 g/mol. The van der Waals surface area contributed by atoms with Crippen molar-refractivity contribution in [3.63, 3.8) is 0 Å². The highest BCUT2D eigenvalue weighted by molar-refractivity contribution is 9.10. The Morgan fingerprint density at radius 1 is 1.37 bits per heavy atom. The van der Waals surface area contributed by atoms with E-state index < -0.39 is 11.5 Å². The van der Waals surface area contributed by atoms with E-state index >= 15 is 0 Å². The van der Waals surface area contributed by atoms with Crippen LogP contribution in [-0.4, -0.2) is 21.0 Å². The number of aliphatic hydroxyl groups is 1. The number of nitrogens with one attached hydrogen (secondary N) is 1. The Kier molecular flexibility index (Phi) is 2.83. The molecule has 2 heterocycles. The molecule has 96 valence electrons. The summed E-state index contributed by atoms with van der Waals surface area (Å²) in [5, 5.41) is 13.4. The molecular weight excluding hydrogens is 310 g/mol. The van der Waals surface area contributed by atoms with E-state index in [0.717, 1.165) is 4.47 Å². The van der Waals surface area contributed by atoms with Crippen molar-refractivity contribution < 1.29 is 9.90 Å². The number of aromatic nitrogens is 2. The molecule has 6 heteroatoms. The van der Waals surface area contributed by atoms with Crippen LogP contribution in [0.15, 0.2) is 41.3 Å². The molecule has 0 spiro atoms. The Morgan fingerprint density at radius 3 is 2.95 bits per heavy atom. The molecule has 0 bridgehead atoms. The molecule has 0 unspecified atom stereocenters. The minimum Gasteiger partial charge on any atom is -0.375 e. The van der Waals surface area contributed by atoms with Gasteiger partial charge in [-0.3, -0.25) is 14.8 Å². The topological polar surface area (TPSA) is 75.1 Å². The lowest BCUT2D eigenvalue weighted by Crippen LogP contribution is -2.36. The zero-order chi connectivity index (χ0) is 13.5. The highest BCUT2D eigenvalue weighted by atomic mass is 79.9. The summed E-state index contributed by atoms with van der Waals surface area (Å²) in [6.45, 7) is 0. The normalized spacial score (nSPS) is 21.1. The molecule has 2 N–H and O–H groups in total. The molecule has 1 aliphatic rings. The number of anilines is 1. The highest BCUT2D eigenvalue weighted by Crippen LogP contribution is 2.39. The molecule has 0 saturated heterocycles. The van der Waals surface area contributed by atoms with Crippen LogP contribution in [0.3, 0.4) is 0 Å². The zero-order valence-electron chi connectivity index (χ0n) is 9.80. The van der Waals surface area contributed by atoms with Gasteiger partial charge in [0.1, 0.15) is 0 Å². The maximum atomic E-state index is 12.0. The predicted octanol–water partition coefficient (Wildman–Crippen LogP) is 1.62. The molecule has 0 saturated carbocycles. The lowest BCUT2D eigenvalue weighted by molar-refractivity contribution is -0.133. The summed E-state index contributed by atoms with van der Waals surface area (Å²) in [5.41, 5.74) is 0.139. The molecule has 5 nitrogen and oxygen atoms in total. The number of hydrogen-bond donors (Lipinski definition) is 2. The Hall–Kier alpha value is -1.79. The highest BCUT2D eigenvalue weighted by Gasteiger charge is 2.45. The average Bonchev–Trinajstić information content (AvgIpc) is 2.64. The predicted molar refractivity (Wildman–Crippen MR) is 72.4 cm³/mol. The van der Waals surface area contributed by atoms with Crippen LogP contribution in [0.5, 0.6) is 0 Å². The van der Waals surface area contributed by atoms with Crippen LogP contribution in [0.4, 0.5) is 5.69 Å². The van der Waals surface area contributed by atoms with Gasteiger partial charge < -0.3 is 10.4 Å². The van der Waals surface area contributed by atoms with Crippen molar-refractivity contribution in [3.05, 3.63) is 52.5 Å². The fourth-order valence-electron chi connectivity index (χ4n) is 2.17. The second kappa shape index (κ2) is 4.40. The first-order valence-electron chi connectivity index (χ1n) is 5.68. The largest absolute Gasteiger partial charge is 0.375 e. The molecule has 3 rings (SSSR count). The Labute approximate surface area is 117 Å². The van der Waals surface area contributed by atoms with Gasteiger partial charge in [-0.05, 0) is 18.2 Å². The standard InChI is InChI=1S/C13H10BrN3O2/c14-8-1-2-11-10(5-8)13(19,12(18)17-11)6-9-7-15-3-4-16-9/h1-5,7,19H,6H2,(H,17,18)/t13-/m1/s1. The Balaban J connectivity index is 2.04. The summed E-state index contributed by atoms with van der Waals surface area (Å²) in [4.78, 5) is 20.1. The van der Waals surface area contributed by atoms with Gasteiger partial charge in [-0.25, -0.2) is 0 Å². The molecule has 1 amide bonds. The van der Waals surface area contributed by atoms with E-state index in [9.17, 15) is 9.90 Å². The summed E-state index contributed by atoms with van der Waals surface area (Å²) >= 11 is 3.34. The smallest absolute Gasteiger partial charge is 0.261 e. The molecule has 1 aromatic carbocycles. The third kappa shape index (κ3) is 2.02. The fraction of sp³-hybridized carbons (Fsp3) is 0.154. The van der Waals surface area contributed by atoms with Crippen molar-refractivity contribution in [1.29, 1.82) is 0 Å². The second-order valence-corrected chi connectivity index (χ2v) is 5.29. The van der Waals surface area contributed by atoms with Gasteiger partial charge in [0.2, 0.25) is 0 Å². The number of benzene rings is 1. The average molecular weight is 320 g/mol. The number of hydrogen-bond acceptors (Lipinski definition) is 4. The van der Waals surface area contributed by atoms with Crippen molar-refractivity contribution in [1.82, 2.24) is 9.97 Å². The summed E-state index contributed by atoms with van der Waals surface area (Å²) in [5.74, 6) is -0.439. The third-order valence-corrected chi connectivity index (χ3v) is 3.60. The van der Waals surface area contributed by atoms with E-state index in [0.29, 0.717) is 16.9 Å². The molecule has 19 heavy (non-hydrogen) atoms. The van der Waals surface area contributed by atoms with E-state index in [1.165, 1.54) is 6.20 Å². The lowest BCUT2D eigenvalue weighted by atomic mass is 9.90. The van der Waals surface area contributed by atoms with Crippen LogP contribution in [0.2, 0.25) is 0 Å². The first kappa shape index (κ1) is 12.3. The first-order valence-corrected chi connectivity index (χ1v) is 6.48. The molecule has 1 aliphatic heterocycles. The van der Waals surface area contributed by atoms with Crippen molar-refractivity contribution in [3.8, 4) is 0 Å². The van der Waals surface area contributed by atoms with Gasteiger partial charge in [0.15, 0.2) is 5.60 Å². The number of amides is 1. The van der Waals surface area contributed by atoms with E-state index in [1.807, 2.05) is 6.07 Å². The van der Waals surface area contributed by atoms with Crippen LogP contribution < -0.4 is 5.32 Å². The third-order valence-electron chi connectivity index (χ3n) is 3.10. The van der Waals surface area contributed by atoms with Crippen molar-refractivity contribution in [2.45, 2.75) is 12.0 Å². The molecule has 0 aliphatic carbocycles. The fourth-order valence-corrected chi connectivity index (χ4v) is 2.54. The van der Waals surface area contributed by atoms with E-state index in [-0.39, 0.29) is 6.42 Å². The van der Waals surface area contributed by atoms with Crippen LogP contribution in [0, 0.1) is 0 Å². The summed E-state index contributed by atoms with van der Waals surface area (Å²) < 4.78 is 0.806. The van der Waals surface area contributed by atoms with Crippen LogP contribution in [0.25, 0.3) is 0 Å².